The maximum Gasteiger partial charge on any atom is 0.209 e. The molecule has 4 nitrogen and oxygen atoms in total. The average Bonchev–Trinajstić information content (AvgIpc) is 2.32. The van der Waals surface area contributed by atoms with Crippen molar-refractivity contribution in [1.82, 2.24) is 10.2 Å². The van der Waals surface area contributed by atoms with E-state index in [1.54, 1.807) is 12.0 Å². The molecule has 102 valence electrons. The topological polar surface area (TPSA) is 41.6 Å². The second-order valence-electron chi connectivity index (χ2n) is 4.89. The second kappa shape index (κ2) is 11.6. The van der Waals surface area contributed by atoms with Gasteiger partial charge in [-0.2, -0.15) is 0 Å². The monoisotopic (exact) mass is 244 g/mol. The summed E-state index contributed by atoms with van der Waals surface area (Å²) < 4.78 is 4.91. The van der Waals surface area contributed by atoms with Crippen molar-refractivity contribution in [2.45, 2.75) is 20.8 Å². The van der Waals surface area contributed by atoms with Gasteiger partial charge in [0.15, 0.2) is 0 Å². The van der Waals surface area contributed by atoms with Gasteiger partial charge in [0.2, 0.25) is 6.41 Å². The van der Waals surface area contributed by atoms with Crippen LogP contribution in [0.1, 0.15) is 20.8 Å². The Labute approximate surface area is 106 Å². The van der Waals surface area contributed by atoms with E-state index in [1.165, 1.54) is 0 Å². The van der Waals surface area contributed by atoms with Crippen LogP contribution in [-0.4, -0.2) is 51.2 Å². The summed E-state index contributed by atoms with van der Waals surface area (Å²) in [6.45, 7) is 16.9. The van der Waals surface area contributed by atoms with E-state index in [0.29, 0.717) is 5.41 Å². The number of carbonyl (C=O) groups is 1. The summed E-state index contributed by atoms with van der Waals surface area (Å²) in [7, 11) is 1.73. The van der Waals surface area contributed by atoms with E-state index >= 15 is 0 Å². The number of piperazine rings is 1. The summed E-state index contributed by atoms with van der Waals surface area (Å²) >= 11 is 0. The van der Waals surface area contributed by atoms with Crippen LogP contribution in [0.4, 0.5) is 0 Å². The summed E-state index contributed by atoms with van der Waals surface area (Å²) in [6.07, 6.45) is 0.904. The molecule has 1 saturated heterocycles. The summed E-state index contributed by atoms with van der Waals surface area (Å²) in [5.74, 6) is 0. The van der Waals surface area contributed by atoms with Crippen LogP contribution < -0.4 is 5.32 Å². The van der Waals surface area contributed by atoms with Crippen molar-refractivity contribution in [3.63, 3.8) is 0 Å². The molecule has 17 heavy (non-hydrogen) atoms. The van der Waals surface area contributed by atoms with Crippen LogP contribution >= 0.6 is 0 Å². The number of methoxy groups -OCH3 is 1. The maximum absolute atomic E-state index is 10.1. The van der Waals surface area contributed by atoms with E-state index in [0.717, 1.165) is 39.2 Å². The summed E-state index contributed by atoms with van der Waals surface area (Å²) in [5.41, 5.74) is 0.328. The predicted octanol–water partition coefficient (Wildman–Crippen LogP) is 1.53. The lowest BCUT2D eigenvalue weighted by Gasteiger charge is -2.22. The van der Waals surface area contributed by atoms with Gasteiger partial charge in [-0.15, -0.1) is 13.2 Å². The zero-order valence-electron chi connectivity index (χ0n) is 11.8. The van der Waals surface area contributed by atoms with Gasteiger partial charge in [0, 0.05) is 33.3 Å². The summed E-state index contributed by atoms with van der Waals surface area (Å²) in [4.78, 5) is 11.8. The highest BCUT2D eigenvalue weighted by molar-refractivity contribution is 5.47. The molecular weight excluding hydrogens is 216 g/mol. The molecule has 0 bridgehead atoms. The first-order valence-corrected chi connectivity index (χ1v) is 5.88. The molecule has 0 radical (unpaired) electrons. The van der Waals surface area contributed by atoms with Crippen molar-refractivity contribution >= 4 is 6.41 Å². The minimum atomic E-state index is 0.328. The Morgan fingerprint density at radius 2 is 1.76 bits per heavy atom. The summed E-state index contributed by atoms with van der Waals surface area (Å²) in [5, 5.41) is 3.15. The third kappa shape index (κ3) is 15.1. The maximum atomic E-state index is 10.1. The van der Waals surface area contributed by atoms with Gasteiger partial charge in [-0.05, 0) is 5.41 Å². The highest BCUT2D eigenvalue weighted by atomic mass is 16.5. The third-order valence-electron chi connectivity index (χ3n) is 1.88. The van der Waals surface area contributed by atoms with Crippen LogP contribution in [0.15, 0.2) is 13.2 Å². The fourth-order valence-electron chi connectivity index (χ4n) is 1.22. The third-order valence-corrected chi connectivity index (χ3v) is 1.88. The Morgan fingerprint density at radius 1 is 1.29 bits per heavy atom. The number of hydrogen-bond acceptors (Lipinski definition) is 3. The smallest absolute Gasteiger partial charge is 0.209 e. The van der Waals surface area contributed by atoms with Gasteiger partial charge in [-0.3, -0.25) is 4.79 Å². The lowest BCUT2D eigenvalue weighted by atomic mass is 9.99. The van der Waals surface area contributed by atoms with Crippen LogP contribution in [0, 0.1) is 5.41 Å². The lowest BCUT2D eigenvalue weighted by Crippen LogP contribution is -2.42. The van der Waals surface area contributed by atoms with Crippen molar-refractivity contribution in [3.8, 4) is 0 Å². The van der Waals surface area contributed by atoms with E-state index < -0.39 is 0 Å². The first-order chi connectivity index (χ1) is 7.99. The molecule has 0 aliphatic carbocycles. The van der Waals surface area contributed by atoms with Crippen LogP contribution in [0.3, 0.4) is 0 Å². The largest absolute Gasteiger partial charge is 0.384 e. The Hall–Kier alpha value is -0.870. The molecule has 1 aliphatic heterocycles. The van der Waals surface area contributed by atoms with E-state index in [2.05, 4.69) is 39.2 Å². The van der Waals surface area contributed by atoms with Gasteiger partial charge in [-0.25, -0.2) is 0 Å². The molecule has 0 aromatic carbocycles. The molecule has 1 fully saturated rings. The Morgan fingerprint density at radius 3 is 1.94 bits per heavy atom. The lowest BCUT2D eigenvalue weighted by molar-refractivity contribution is -0.118. The number of carbonyl (C=O) groups excluding carboxylic acids is 1. The van der Waals surface area contributed by atoms with Gasteiger partial charge < -0.3 is 15.0 Å². The zero-order valence-corrected chi connectivity index (χ0v) is 11.8. The second-order valence-corrected chi connectivity index (χ2v) is 4.89. The fourth-order valence-corrected chi connectivity index (χ4v) is 1.22. The van der Waals surface area contributed by atoms with Gasteiger partial charge in [0.05, 0.1) is 6.61 Å². The molecule has 1 N–H and O–H groups in total. The molecule has 1 aliphatic rings. The molecular formula is C13H28N2O2. The van der Waals surface area contributed by atoms with Crippen LogP contribution in [0.2, 0.25) is 0 Å². The molecule has 0 spiro atoms. The zero-order chi connectivity index (χ0) is 13.7. The number of rotatable bonds is 2. The highest BCUT2D eigenvalue weighted by Crippen LogP contribution is 2.11. The SMILES string of the molecule is C=C.COCC(C)(C)C.O=CN1CCNCC1. The Bertz CT molecular complexity index is 173. The van der Waals surface area contributed by atoms with E-state index in [9.17, 15) is 4.79 Å². The molecule has 1 heterocycles. The molecule has 1 rings (SSSR count). The first-order valence-electron chi connectivity index (χ1n) is 5.88. The van der Waals surface area contributed by atoms with Crippen molar-refractivity contribution in [1.29, 1.82) is 0 Å². The number of hydrogen-bond donors (Lipinski definition) is 1. The number of nitrogens with one attached hydrogen (secondary N) is 1. The molecule has 0 aromatic rings. The first kappa shape index (κ1) is 18.5. The minimum Gasteiger partial charge on any atom is -0.384 e. The predicted molar refractivity (Wildman–Crippen MR) is 73.1 cm³/mol. The summed E-state index contributed by atoms with van der Waals surface area (Å²) in [6, 6.07) is 0. The molecule has 1 amide bonds. The fraction of sp³-hybridized carbons (Fsp3) is 0.769. The van der Waals surface area contributed by atoms with Crippen LogP contribution in [-0.2, 0) is 9.53 Å². The van der Waals surface area contributed by atoms with Gasteiger partial charge in [0.1, 0.15) is 0 Å². The van der Waals surface area contributed by atoms with Crippen molar-refractivity contribution < 1.29 is 9.53 Å². The molecule has 0 aromatic heterocycles. The highest BCUT2D eigenvalue weighted by Gasteiger charge is 2.07. The molecule has 0 unspecified atom stereocenters. The molecule has 0 saturated carbocycles. The molecule has 4 heteroatoms. The van der Waals surface area contributed by atoms with Gasteiger partial charge in [0.25, 0.3) is 0 Å². The van der Waals surface area contributed by atoms with Gasteiger partial charge in [-0.1, -0.05) is 20.8 Å². The average molecular weight is 244 g/mol. The van der Waals surface area contributed by atoms with E-state index in [4.69, 9.17) is 4.74 Å². The Balaban J connectivity index is 0. The number of ether oxygens (including phenoxy) is 1. The Kier molecular flexibility index (Phi) is 12.6. The normalized spacial score (nSPS) is 14.9. The van der Waals surface area contributed by atoms with Crippen molar-refractivity contribution in [2.75, 3.05) is 39.9 Å². The van der Waals surface area contributed by atoms with Crippen molar-refractivity contribution in [2.24, 2.45) is 5.41 Å². The van der Waals surface area contributed by atoms with E-state index in [1.807, 2.05) is 0 Å². The van der Waals surface area contributed by atoms with Gasteiger partial charge >= 0.3 is 0 Å². The number of nitrogens with zero attached hydrogens (tertiary/aromatic N) is 1. The van der Waals surface area contributed by atoms with Crippen LogP contribution in [0.5, 0.6) is 0 Å². The standard InChI is InChI=1S/C6H14O.C5H10N2O.C2H4/c1-6(2,3)5-7-4;8-5-7-3-1-6-2-4-7;1-2/h5H2,1-4H3;5-6H,1-4H2;1-2H2. The molecule has 0 atom stereocenters. The van der Waals surface area contributed by atoms with Crippen LogP contribution in [0.25, 0.3) is 0 Å². The minimum absolute atomic E-state index is 0.328. The number of amides is 1. The van der Waals surface area contributed by atoms with Crippen molar-refractivity contribution in [3.05, 3.63) is 13.2 Å². The van der Waals surface area contributed by atoms with E-state index in [-0.39, 0.29) is 0 Å². The quantitative estimate of drug-likeness (QED) is 0.591.